The molecule has 1 aromatic heterocycles. The number of anilines is 1. The van der Waals surface area contributed by atoms with Gasteiger partial charge in [0, 0.05) is 42.1 Å². The minimum absolute atomic E-state index is 0.274. The van der Waals surface area contributed by atoms with E-state index < -0.39 is 23.4 Å². The number of carbonyl (C=O) groups excluding carboxylic acids is 1. The molecule has 1 aliphatic heterocycles. The maximum Gasteiger partial charge on any atom is 0.416 e. The monoisotopic (exact) mass is 491 g/mol. The summed E-state index contributed by atoms with van der Waals surface area (Å²) in [6, 6.07) is 11.4. The van der Waals surface area contributed by atoms with Crippen LogP contribution in [0, 0.1) is 6.92 Å². The van der Waals surface area contributed by atoms with E-state index in [1.165, 1.54) is 28.4 Å². The third-order valence-electron chi connectivity index (χ3n) is 5.90. The highest BCUT2D eigenvalue weighted by Gasteiger charge is 2.39. The lowest BCUT2D eigenvalue weighted by Crippen LogP contribution is -2.46. The number of hydrogen-bond acceptors (Lipinski definition) is 5. The van der Waals surface area contributed by atoms with E-state index in [1.807, 2.05) is 31.2 Å². The number of thiazole rings is 1. The average molecular weight is 492 g/mol. The van der Waals surface area contributed by atoms with Gasteiger partial charge in [-0.05, 0) is 43.3 Å². The number of aromatic nitrogens is 1. The topological polar surface area (TPSA) is 74.7 Å². The second kappa shape index (κ2) is 9.27. The highest BCUT2D eigenvalue weighted by Crippen LogP contribution is 2.41. The molecule has 10 heteroatoms. The van der Waals surface area contributed by atoms with Crippen LogP contribution in [0.3, 0.4) is 0 Å². The molecule has 4 rings (SSSR count). The number of likely N-dealkylation sites (tertiary alicyclic amines) is 1. The van der Waals surface area contributed by atoms with Gasteiger partial charge in [-0.25, -0.2) is 9.78 Å². The van der Waals surface area contributed by atoms with Crippen molar-refractivity contribution in [2.45, 2.75) is 31.5 Å². The van der Waals surface area contributed by atoms with E-state index in [-0.39, 0.29) is 18.8 Å². The molecule has 34 heavy (non-hydrogen) atoms. The molecule has 0 unspecified atom stereocenters. The number of halogens is 3. The summed E-state index contributed by atoms with van der Waals surface area (Å²) in [5.41, 5.74) is -0.0632. The number of rotatable bonds is 4. The van der Waals surface area contributed by atoms with Crippen molar-refractivity contribution in [2.75, 3.05) is 25.5 Å². The van der Waals surface area contributed by atoms with Crippen LogP contribution in [0.2, 0.25) is 0 Å². The summed E-state index contributed by atoms with van der Waals surface area (Å²) in [5.74, 6) is 0.698. The summed E-state index contributed by atoms with van der Waals surface area (Å²) in [6.45, 7) is 2.51. The van der Waals surface area contributed by atoms with Gasteiger partial charge in [0.25, 0.3) is 0 Å². The first-order chi connectivity index (χ1) is 16.1. The van der Waals surface area contributed by atoms with Crippen molar-refractivity contribution in [3.8, 4) is 17.0 Å². The molecule has 2 aromatic carbocycles. The summed E-state index contributed by atoms with van der Waals surface area (Å²) in [7, 11) is 1.60. The van der Waals surface area contributed by atoms with Crippen LogP contribution in [-0.4, -0.2) is 41.2 Å². The standard InChI is InChI=1S/C24H24F3N3O3S/c1-15-20(18-5-3-4-6-19(18)33-2)29-21(34-15)23(32)11-13-30(14-12-23)22(31)28-17-9-7-16(8-10-17)24(25,26)27/h3-10,32H,11-14H2,1-2H3,(H,28,31). The number of nitrogens with zero attached hydrogens (tertiary/aromatic N) is 2. The molecule has 6 nitrogen and oxygen atoms in total. The number of aryl methyl sites for hydroxylation is 1. The van der Waals surface area contributed by atoms with Gasteiger partial charge in [-0.2, -0.15) is 13.2 Å². The fraction of sp³-hybridized carbons (Fsp3) is 0.333. The van der Waals surface area contributed by atoms with Crippen LogP contribution >= 0.6 is 11.3 Å². The van der Waals surface area contributed by atoms with Gasteiger partial charge in [-0.1, -0.05) is 12.1 Å². The van der Waals surface area contributed by atoms with E-state index in [9.17, 15) is 23.1 Å². The summed E-state index contributed by atoms with van der Waals surface area (Å²) < 4.78 is 43.6. The Morgan fingerprint density at radius 1 is 1.15 bits per heavy atom. The zero-order valence-electron chi connectivity index (χ0n) is 18.6. The predicted octanol–water partition coefficient (Wildman–Crippen LogP) is 5.66. The summed E-state index contributed by atoms with van der Waals surface area (Å²) in [4.78, 5) is 19.8. The number of urea groups is 1. The van der Waals surface area contributed by atoms with Gasteiger partial charge >= 0.3 is 12.2 Å². The lowest BCUT2D eigenvalue weighted by molar-refractivity contribution is -0.137. The molecule has 1 aliphatic rings. The molecule has 2 N–H and O–H groups in total. The maximum atomic E-state index is 12.7. The van der Waals surface area contributed by atoms with Crippen molar-refractivity contribution in [2.24, 2.45) is 0 Å². The highest BCUT2D eigenvalue weighted by atomic mass is 32.1. The number of amides is 2. The zero-order chi connectivity index (χ0) is 24.5. The molecular weight excluding hydrogens is 467 g/mol. The van der Waals surface area contributed by atoms with Gasteiger partial charge < -0.3 is 20.1 Å². The highest BCUT2D eigenvalue weighted by molar-refractivity contribution is 7.12. The Bertz CT molecular complexity index is 1170. The van der Waals surface area contributed by atoms with Gasteiger partial charge in [0.15, 0.2) is 0 Å². The number of aliphatic hydroxyl groups is 1. The van der Waals surface area contributed by atoms with Crippen molar-refractivity contribution in [3.63, 3.8) is 0 Å². The fourth-order valence-corrected chi connectivity index (χ4v) is 5.00. The Labute approximate surface area is 199 Å². The Hall–Kier alpha value is -3.11. The minimum atomic E-state index is -4.43. The minimum Gasteiger partial charge on any atom is -0.496 e. The Morgan fingerprint density at radius 3 is 2.41 bits per heavy atom. The molecule has 0 atom stereocenters. The number of ether oxygens (including phenoxy) is 1. The first kappa shape index (κ1) is 24.0. The lowest BCUT2D eigenvalue weighted by Gasteiger charge is -2.36. The quantitative estimate of drug-likeness (QED) is 0.494. The van der Waals surface area contributed by atoms with E-state index >= 15 is 0 Å². The number of methoxy groups -OCH3 is 1. The van der Waals surface area contributed by atoms with Crippen LogP contribution in [0.5, 0.6) is 5.75 Å². The first-order valence-corrected chi connectivity index (χ1v) is 11.5. The SMILES string of the molecule is COc1ccccc1-c1nc(C2(O)CCN(C(=O)Nc3ccc(C(F)(F)F)cc3)CC2)sc1C. The molecule has 1 saturated heterocycles. The van der Waals surface area contributed by atoms with Crippen LogP contribution in [0.15, 0.2) is 48.5 Å². The molecule has 2 amide bonds. The van der Waals surface area contributed by atoms with Gasteiger partial charge in [-0.3, -0.25) is 0 Å². The second-order valence-corrected chi connectivity index (χ2v) is 9.35. The summed E-state index contributed by atoms with van der Waals surface area (Å²) >= 11 is 1.42. The molecule has 0 saturated carbocycles. The Balaban J connectivity index is 1.42. The maximum absolute atomic E-state index is 12.7. The van der Waals surface area contributed by atoms with Crippen molar-refractivity contribution in [1.82, 2.24) is 9.88 Å². The number of hydrogen-bond donors (Lipinski definition) is 2. The van der Waals surface area contributed by atoms with Crippen LogP contribution in [-0.2, 0) is 11.8 Å². The van der Waals surface area contributed by atoms with Gasteiger partial charge in [-0.15, -0.1) is 11.3 Å². The van der Waals surface area contributed by atoms with E-state index in [0.29, 0.717) is 23.6 Å². The molecule has 3 aromatic rings. The van der Waals surface area contributed by atoms with Gasteiger partial charge in [0.2, 0.25) is 0 Å². The molecule has 180 valence electrons. The lowest BCUT2D eigenvalue weighted by atomic mass is 9.92. The fourth-order valence-electron chi connectivity index (χ4n) is 3.92. The van der Waals surface area contributed by atoms with Crippen molar-refractivity contribution in [3.05, 3.63) is 64.0 Å². The van der Waals surface area contributed by atoms with Gasteiger partial charge in [0.05, 0.1) is 18.4 Å². The van der Waals surface area contributed by atoms with E-state index in [1.54, 1.807) is 7.11 Å². The number of nitrogens with one attached hydrogen (secondary N) is 1. The normalized spacial score (nSPS) is 15.8. The first-order valence-electron chi connectivity index (χ1n) is 10.7. The average Bonchev–Trinajstić information content (AvgIpc) is 3.21. The third kappa shape index (κ3) is 4.88. The molecule has 2 heterocycles. The van der Waals surface area contributed by atoms with Crippen molar-refractivity contribution in [1.29, 1.82) is 0 Å². The Morgan fingerprint density at radius 2 is 1.79 bits per heavy atom. The smallest absolute Gasteiger partial charge is 0.416 e. The largest absolute Gasteiger partial charge is 0.496 e. The number of para-hydroxylation sites is 1. The summed E-state index contributed by atoms with van der Waals surface area (Å²) in [5, 5.41) is 14.5. The second-order valence-electron chi connectivity index (χ2n) is 8.15. The van der Waals surface area contributed by atoms with Crippen LogP contribution in [0.1, 0.15) is 28.3 Å². The summed E-state index contributed by atoms with van der Waals surface area (Å²) in [6.07, 6.45) is -3.84. The van der Waals surface area contributed by atoms with Crippen LogP contribution < -0.4 is 10.1 Å². The van der Waals surface area contributed by atoms with E-state index in [0.717, 1.165) is 28.3 Å². The van der Waals surface area contributed by atoms with Crippen LogP contribution in [0.4, 0.5) is 23.7 Å². The van der Waals surface area contributed by atoms with Crippen molar-refractivity contribution >= 4 is 23.1 Å². The molecule has 0 aliphatic carbocycles. The van der Waals surface area contributed by atoms with E-state index in [2.05, 4.69) is 5.32 Å². The molecular formula is C24H24F3N3O3S. The van der Waals surface area contributed by atoms with Crippen LogP contribution in [0.25, 0.3) is 11.3 Å². The van der Waals surface area contributed by atoms with Crippen molar-refractivity contribution < 1.29 is 27.8 Å². The number of piperidine rings is 1. The molecule has 0 radical (unpaired) electrons. The molecule has 0 bridgehead atoms. The zero-order valence-corrected chi connectivity index (χ0v) is 19.5. The number of alkyl halides is 3. The van der Waals surface area contributed by atoms with E-state index in [4.69, 9.17) is 9.72 Å². The van der Waals surface area contributed by atoms with Gasteiger partial charge in [0.1, 0.15) is 16.4 Å². The number of benzene rings is 2. The molecule has 0 spiro atoms. The molecule has 1 fully saturated rings. The number of carbonyl (C=O) groups is 1. The Kier molecular flexibility index (Phi) is 6.55. The third-order valence-corrected chi connectivity index (χ3v) is 7.06. The predicted molar refractivity (Wildman–Crippen MR) is 124 cm³/mol.